The van der Waals surface area contributed by atoms with Crippen LogP contribution in [0.25, 0.3) is 11.7 Å². The Balaban J connectivity index is 1.03. The number of pyridine rings is 1. The van der Waals surface area contributed by atoms with E-state index in [1.807, 2.05) is 0 Å². The molecule has 14 nitrogen and oxygen atoms in total. The number of aromatic nitrogens is 6. The maximum Gasteiger partial charge on any atom is 0.416 e. The van der Waals surface area contributed by atoms with E-state index in [1.54, 1.807) is 13.0 Å². The van der Waals surface area contributed by atoms with E-state index >= 15 is 0 Å². The fourth-order valence-electron chi connectivity index (χ4n) is 9.21. The van der Waals surface area contributed by atoms with Crippen molar-refractivity contribution in [2.45, 2.75) is 68.9 Å². The highest BCUT2D eigenvalue weighted by Gasteiger charge is 2.42. The Hall–Kier alpha value is -6.60. The average Bonchev–Trinajstić information content (AvgIpc) is 3.90. The Kier molecular flexibility index (Phi) is 11.3. The summed E-state index contributed by atoms with van der Waals surface area (Å²) in [6, 6.07) is 12.0. The molecule has 0 radical (unpaired) electrons. The zero-order valence-electron chi connectivity index (χ0n) is 33.9. The average molecular weight is 878 g/mol. The van der Waals surface area contributed by atoms with Crippen LogP contribution in [-0.2, 0) is 17.1 Å². The Labute approximate surface area is 355 Å². The summed E-state index contributed by atoms with van der Waals surface area (Å²) >= 11 is 0. The SMILES string of the molecule is CC1C(C(=O)O)C=Cc2nnc(C(=O)N3CCC(c4ccccc4C(F)(F)F)CC3CN(C)C(=O)c3ccc4nnc(C(=O)N5CCC(c6ccccc6C(F)(F)F)CC5)n4c3)n21. The lowest BCUT2D eigenvalue weighted by Gasteiger charge is -2.41. The van der Waals surface area contributed by atoms with Crippen LogP contribution in [0.4, 0.5) is 26.3 Å². The normalized spacial score (nSPS) is 20.8. The van der Waals surface area contributed by atoms with Crippen molar-refractivity contribution in [2.75, 3.05) is 33.2 Å². The number of carbonyl (C=O) groups is 4. The number of likely N-dealkylation sites (N-methyl/N-ethyl adjacent to an activating group) is 1. The molecule has 0 bridgehead atoms. The Morgan fingerprint density at radius 3 is 2.00 bits per heavy atom. The molecule has 4 unspecified atom stereocenters. The van der Waals surface area contributed by atoms with Gasteiger partial charge >= 0.3 is 18.3 Å². The van der Waals surface area contributed by atoms with Gasteiger partial charge in [0, 0.05) is 39.4 Å². The smallest absolute Gasteiger partial charge is 0.416 e. The first-order valence-corrected chi connectivity index (χ1v) is 20.3. The number of hydrogen-bond donors (Lipinski definition) is 1. The molecule has 3 aliphatic heterocycles. The van der Waals surface area contributed by atoms with Crippen LogP contribution >= 0.6 is 0 Å². The molecule has 8 rings (SSSR count). The summed E-state index contributed by atoms with van der Waals surface area (Å²) in [6.45, 7) is 1.78. The van der Waals surface area contributed by atoms with Gasteiger partial charge in [0.05, 0.1) is 34.7 Å². The summed E-state index contributed by atoms with van der Waals surface area (Å²) in [5, 5.41) is 26.2. The summed E-state index contributed by atoms with van der Waals surface area (Å²) < 4.78 is 86.7. The molecule has 63 heavy (non-hydrogen) atoms. The summed E-state index contributed by atoms with van der Waals surface area (Å²) in [5.41, 5.74) is -0.920. The highest BCUT2D eigenvalue weighted by molar-refractivity contribution is 5.96. The van der Waals surface area contributed by atoms with Crippen molar-refractivity contribution in [1.29, 1.82) is 0 Å². The third-order valence-corrected chi connectivity index (χ3v) is 12.4. The Bertz CT molecular complexity index is 2610. The van der Waals surface area contributed by atoms with Crippen molar-refractivity contribution in [3.8, 4) is 0 Å². The summed E-state index contributed by atoms with van der Waals surface area (Å²) in [4.78, 5) is 58.6. The number of nitrogens with zero attached hydrogens (tertiary/aromatic N) is 9. The van der Waals surface area contributed by atoms with Crippen molar-refractivity contribution in [3.05, 3.63) is 118 Å². The van der Waals surface area contributed by atoms with Gasteiger partial charge < -0.3 is 19.8 Å². The van der Waals surface area contributed by atoms with E-state index in [0.29, 0.717) is 0 Å². The van der Waals surface area contributed by atoms with Gasteiger partial charge in [0.1, 0.15) is 0 Å². The lowest BCUT2D eigenvalue weighted by Crippen LogP contribution is -2.52. The number of benzene rings is 2. The van der Waals surface area contributed by atoms with Crippen LogP contribution < -0.4 is 0 Å². The molecule has 0 spiro atoms. The van der Waals surface area contributed by atoms with E-state index in [1.165, 1.54) is 91.5 Å². The Morgan fingerprint density at radius 1 is 0.762 bits per heavy atom. The van der Waals surface area contributed by atoms with Gasteiger partial charge in [0.2, 0.25) is 11.6 Å². The third kappa shape index (κ3) is 8.25. The van der Waals surface area contributed by atoms with Crippen LogP contribution in [-0.4, -0.2) is 112 Å². The van der Waals surface area contributed by atoms with Gasteiger partial charge in [-0.2, -0.15) is 26.3 Å². The molecule has 2 aromatic carbocycles. The molecule has 330 valence electrons. The quantitative estimate of drug-likeness (QED) is 0.165. The second kappa shape index (κ2) is 16.6. The molecule has 20 heteroatoms. The zero-order valence-corrected chi connectivity index (χ0v) is 33.9. The minimum Gasteiger partial charge on any atom is -0.481 e. The fraction of sp³-hybridized carbons (Fsp3) is 0.395. The minimum absolute atomic E-state index is 0.0125. The van der Waals surface area contributed by atoms with Crippen LogP contribution in [0.5, 0.6) is 0 Å². The molecule has 3 aliphatic rings. The molecule has 6 heterocycles. The number of fused-ring (bicyclic) bond motifs is 2. The second-order valence-corrected chi connectivity index (χ2v) is 16.2. The van der Waals surface area contributed by atoms with Gasteiger partial charge in [-0.3, -0.25) is 28.1 Å². The second-order valence-electron chi connectivity index (χ2n) is 16.2. The molecule has 2 saturated heterocycles. The van der Waals surface area contributed by atoms with E-state index in [9.17, 15) is 50.6 Å². The van der Waals surface area contributed by atoms with Crippen molar-refractivity contribution in [3.63, 3.8) is 0 Å². The Morgan fingerprint density at radius 2 is 1.37 bits per heavy atom. The first-order valence-electron chi connectivity index (χ1n) is 20.3. The number of carboxylic acids is 1. The molecular formula is C43H41F6N9O5. The number of carboxylic acid groups (broad SMARTS) is 1. The van der Waals surface area contributed by atoms with Gasteiger partial charge in [0.25, 0.3) is 17.7 Å². The lowest BCUT2D eigenvalue weighted by molar-refractivity contribution is -0.141. The van der Waals surface area contributed by atoms with Crippen LogP contribution in [0, 0.1) is 5.92 Å². The summed E-state index contributed by atoms with van der Waals surface area (Å²) in [7, 11) is 1.48. The number of likely N-dealkylation sites (tertiary alicyclic amines) is 2. The molecule has 0 saturated carbocycles. The van der Waals surface area contributed by atoms with Gasteiger partial charge in [-0.1, -0.05) is 42.5 Å². The largest absolute Gasteiger partial charge is 0.481 e. The van der Waals surface area contributed by atoms with E-state index < -0.39 is 77.0 Å². The predicted octanol–water partition coefficient (Wildman–Crippen LogP) is 6.83. The molecule has 3 amide bonds. The number of hydrogen-bond acceptors (Lipinski definition) is 8. The number of aliphatic carboxylic acids is 1. The van der Waals surface area contributed by atoms with Crippen LogP contribution in [0.3, 0.4) is 0 Å². The molecule has 1 N–H and O–H groups in total. The first-order chi connectivity index (χ1) is 29.9. The van der Waals surface area contributed by atoms with Crippen LogP contribution in [0.15, 0.2) is 72.9 Å². The maximum atomic E-state index is 14.4. The van der Waals surface area contributed by atoms with E-state index in [2.05, 4.69) is 20.4 Å². The van der Waals surface area contributed by atoms with Gasteiger partial charge in [-0.25, -0.2) is 0 Å². The van der Waals surface area contributed by atoms with Gasteiger partial charge in [-0.15, -0.1) is 20.4 Å². The monoisotopic (exact) mass is 877 g/mol. The van der Waals surface area contributed by atoms with Gasteiger partial charge in [0.15, 0.2) is 11.5 Å². The molecule has 0 aliphatic carbocycles. The van der Waals surface area contributed by atoms with Gasteiger partial charge in [-0.05, 0) is 85.9 Å². The molecular weight excluding hydrogens is 837 g/mol. The van der Waals surface area contributed by atoms with E-state index in [-0.39, 0.29) is 91.7 Å². The third-order valence-electron chi connectivity index (χ3n) is 12.4. The predicted molar refractivity (Wildman–Crippen MR) is 212 cm³/mol. The van der Waals surface area contributed by atoms with E-state index in [0.717, 1.165) is 12.1 Å². The number of carbonyl (C=O) groups excluding carboxylic acids is 3. The number of alkyl halides is 6. The van der Waals surface area contributed by atoms with E-state index in [4.69, 9.17) is 0 Å². The number of piperidine rings is 2. The summed E-state index contributed by atoms with van der Waals surface area (Å²) in [5.74, 6) is -4.88. The van der Waals surface area contributed by atoms with Crippen LogP contribution in [0.1, 0.15) is 110 Å². The molecule has 4 atom stereocenters. The molecule has 5 aromatic rings. The van der Waals surface area contributed by atoms with Crippen molar-refractivity contribution in [2.24, 2.45) is 5.92 Å². The fourth-order valence-corrected chi connectivity index (χ4v) is 9.21. The van der Waals surface area contributed by atoms with Crippen molar-refractivity contribution in [1.82, 2.24) is 44.1 Å². The molecule has 3 aromatic heterocycles. The summed E-state index contributed by atoms with van der Waals surface area (Å²) in [6.07, 6.45) is -4.10. The lowest BCUT2D eigenvalue weighted by atomic mass is 9.82. The topological polar surface area (TPSA) is 159 Å². The number of halogens is 6. The first kappa shape index (κ1) is 43.1. The van der Waals surface area contributed by atoms with Crippen molar-refractivity contribution >= 4 is 35.4 Å². The minimum atomic E-state index is -4.64. The molecule has 2 fully saturated rings. The highest BCUT2D eigenvalue weighted by Crippen LogP contribution is 2.42. The highest BCUT2D eigenvalue weighted by atomic mass is 19.4. The number of amides is 3. The van der Waals surface area contributed by atoms with Crippen LogP contribution in [0.2, 0.25) is 0 Å². The number of rotatable bonds is 8. The zero-order chi connectivity index (χ0) is 45.0. The standard InChI is InChI=1S/C43H41F6N9O5/c1-24-29(41(62)63)12-14-35-51-53-37(58(24)35)40(61)56-20-17-26(31-8-4-6-10-33(31)43(47,48)49)21-28(56)23-54(2)38(59)27-11-13-34-50-52-36(57(34)22-27)39(60)55-18-15-25(16-19-55)30-7-3-5-9-32(30)42(44,45)46/h3-14,22,24-26,28-29H,15-21,23H2,1-2H3,(H,62,63). The van der Waals surface area contributed by atoms with Crippen molar-refractivity contribution < 1.29 is 50.6 Å². The maximum absolute atomic E-state index is 14.4.